The van der Waals surface area contributed by atoms with Gasteiger partial charge in [0, 0.05) is 18.5 Å². The van der Waals surface area contributed by atoms with Crippen molar-refractivity contribution in [2.75, 3.05) is 0 Å². The van der Waals surface area contributed by atoms with Crippen molar-refractivity contribution < 1.29 is 4.42 Å². The minimum absolute atomic E-state index is 0.380. The van der Waals surface area contributed by atoms with E-state index >= 15 is 0 Å². The zero-order valence-electron chi connectivity index (χ0n) is 12.4. The second-order valence-electron chi connectivity index (χ2n) is 5.95. The van der Waals surface area contributed by atoms with Gasteiger partial charge in [0.15, 0.2) is 0 Å². The zero-order valence-corrected chi connectivity index (χ0v) is 12.4. The number of rotatable bonds is 5. The highest BCUT2D eigenvalue weighted by Crippen LogP contribution is 2.25. The van der Waals surface area contributed by atoms with Crippen LogP contribution in [0.1, 0.15) is 48.8 Å². The molecule has 20 heavy (non-hydrogen) atoms. The quantitative estimate of drug-likeness (QED) is 0.886. The molecular formula is C18H23NO. The number of hydrogen-bond acceptors (Lipinski definition) is 2. The number of furan rings is 1. The van der Waals surface area contributed by atoms with E-state index in [2.05, 4.69) is 37.4 Å². The van der Waals surface area contributed by atoms with E-state index in [9.17, 15) is 0 Å². The van der Waals surface area contributed by atoms with E-state index in [1.54, 1.807) is 17.4 Å². The van der Waals surface area contributed by atoms with Crippen LogP contribution in [0.4, 0.5) is 0 Å². The highest BCUT2D eigenvalue weighted by atomic mass is 16.3. The Bertz CT molecular complexity index is 559. The summed E-state index contributed by atoms with van der Waals surface area (Å²) in [6.07, 6.45) is 6.49. The fraction of sp³-hybridized carbons (Fsp3) is 0.444. The van der Waals surface area contributed by atoms with Crippen LogP contribution in [0.15, 0.2) is 41.0 Å². The lowest BCUT2D eigenvalue weighted by atomic mass is 10.0. The van der Waals surface area contributed by atoms with Crippen molar-refractivity contribution in [2.45, 2.75) is 51.6 Å². The summed E-state index contributed by atoms with van der Waals surface area (Å²) in [4.78, 5) is 0. The summed E-state index contributed by atoms with van der Waals surface area (Å²) >= 11 is 0. The van der Waals surface area contributed by atoms with Crippen LogP contribution in [-0.4, -0.2) is 6.04 Å². The standard InChI is InChI=1S/C18H23NO/c1-13(11-18-7-4-10-20-18)19-14(2)16-9-8-15-5-3-6-17(15)12-16/h4,7-10,12-14,19H,3,5-6,11H2,1-2H3. The van der Waals surface area contributed by atoms with Crippen LogP contribution in [0.25, 0.3) is 0 Å². The van der Waals surface area contributed by atoms with Gasteiger partial charge in [0.05, 0.1) is 6.26 Å². The molecule has 1 aromatic carbocycles. The van der Waals surface area contributed by atoms with Gasteiger partial charge in [-0.3, -0.25) is 0 Å². The highest BCUT2D eigenvalue weighted by Gasteiger charge is 2.15. The van der Waals surface area contributed by atoms with Gasteiger partial charge in [-0.2, -0.15) is 0 Å². The first-order chi connectivity index (χ1) is 9.72. The fourth-order valence-corrected chi connectivity index (χ4v) is 3.17. The molecule has 0 saturated heterocycles. The van der Waals surface area contributed by atoms with Gasteiger partial charge in [-0.25, -0.2) is 0 Å². The number of nitrogens with one attached hydrogen (secondary N) is 1. The molecule has 1 aliphatic rings. The van der Waals surface area contributed by atoms with Gasteiger partial charge in [0.1, 0.15) is 5.76 Å². The second kappa shape index (κ2) is 5.84. The molecule has 1 aliphatic carbocycles. The molecule has 106 valence electrons. The summed E-state index contributed by atoms with van der Waals surface area (Å²) < 4.78 is 5.41. The van der Waals surface area contributed by atoms with Gasteiger partial charge < -0.3 is 9.73 Å². The van der Waals surface area contributed by atoms with Gasteiger partial charge in [0.25, 0.3) is 0 Å². The van der Waals surface area contributed by atoms with E-state index in [0.717, 1.165) is 12.2 Å². The third-order valence-electron chi connectivity index (χ3n) is 4.24. The van der Waals surface area contributed by atoms with E-state index in [1.165, 1.54) is 24.8 Å². The third-order valence-corrected chi connectivity index (χ3v) is 4.24. The Hall–Kier alpha value is -1.54. The molecule has 0 fully saturated rings. The number of aryl methyl sites for hydroxylation is 2. The zero-order chi connectivity index (χ0) is 13.9. The van der Waals surface area contributed by atoms with Crippen LogP contribution < -0.4 is 5.32 Å². The van der Waals surface area contributed by atoms with Crippen molar-refractivity contribution in [1.82, 2.24) is 5.32 Å². The molecule has 2 atom stereocenters. The molecule has 1 N–H and O–H groups in total. The minimum atomic E-state index is 0.380. The third kappa shape index (κ3) is 2.96. The van der Waals surface area contributed by atoms with Crippen LogP contribution in [0.5, 0.6) is 0 Å². The van der Waals surface area contributed by atoms with Crippen LogP contribution in [0.3, 0.4) is 0 Å². The lowest BCUT2D eigenvalue weighted by Crippen LogP contribution is -2.30. The van der Waals surface area contributed by atoms with Crippen molar-refractivity contribution in [1.29, 1.82) is 0 Å². The van der Waals surface area contributed by atoms with Crippen LogP contribution >= 0.6 is 0 Å². The molecule has 2 unspecified atom stereocenters. The fourth-order valence-electron chi connectivity index (χ4n) is 3.17. The Morgan fingerprint density at radius 3 is 2.80 bits per heavy atom. The van der Waals surface area contributed by atoms with E-state index in [0.29, 0.717) is 12.1 Å². The Balaban J connectivity index is 1.62. The topological polar surface area (TPSA) is 25.2 Å². The maximum absolute atomic E-state index is 5.41. The largest absolute Gasteiger partial charge is 0.469 e. The van der Waals surface area contributed by atoms with Gasteiger partial charge >= 0.3 is 0 Å². The molecule has 0 spiro atoms. The molecule has 0 aliphatic heterocycles. The Morgan fingerprint density at radius 1 is 1.15 bits per heavy atom. The smallest absolute Gasteiger partial charge is 0.105 e. The molecule has 0 saturated carbocycles. The molecule has 1 heterocycles. The minimum Gasteiger partial charge on any atom is -0.469 e. The molecule has 2 heteroatoms. The number of benzene rings is 1. The Morgan fingerprint density at radius 2 is 2.00 bits per heavy atom. The SMILES string of the molecule is CC(Cc1ccco1)NC(C)c1ccc2c(c1)CCC2. The molecule has 0 bridgehead atoms. The van der Waals surface area contributed by atoms with E-state index < -0.39 is 0 Å². The first kappa shape index (κ1) is 13.4. The van der Waals surface area contributed by atoms with Gasteiger partial charge in [-0.15, -0.1) is 0 Å². The summed E-state index contributed by atoms with van der Waals surface area (Å²) in [7, 11) is 0. The average Bonchev–Trinajstić information content (AvgIpc) is 3.07. The monoisotopic (exact) mass is 269 g/mol. The molecule has 3 rings (SSSR count). The summed E-state index contributed by atoms with van der Waals surface area (Å²) in [6, 6.07) is 11.8. The van der Waals surface area contributed by atoms with E-state index in [-0.39, 0.29) is 0 Å². The summed E-state index contributed by atoms with van der Waals surface area (Å²) in [5.74, 6) is 1.05. The van der Waals surface area contributed by atoms with Crippen LogP contribution in [0, 0.1) is 0 Å². The number of fused-ring (bicyclic) bond motifs is 1. The predicted octanol–water partition coefficient (Wildman–Crippen LogP) is 4.05. The molecule has 0 amide bonds. The lowest BCUT2D eigenvalue weighted by Gasteiger charge is -2.20. The maximum atomic E-state index is 5.41. The predicted molar refractivity (Wildman–Crippen MR) is 81.9 cm³/mol. The van der Waals surface area contributed by atoms with Crippen molar-refractivity contribution in [2.24, 2.45) is 0 Å². The molecule has 2 aromatic rings. The first-order valence-electron chi connectivity index (χ1n) is 7.62. The van der Waals surface area contributed by atoms with Crippen molar-refractivity contribution in [3.8, 4) is 0 Å². The van der Waals surface area contributed by atoms with Crippen LogP contribution in [-0.2, 0) is 19.3 Å². The lowest BCUT2D eigenvalue weighted by molar-refractivity contribution is 0.429. The van der Waals surface area contributed by atoms with E-state index in [4.69, 9.17) is 4.42 Å². The molecule has 2 nitrogen and oxygen atoms in total. The maximum Gasteiger partial charge on any atom is 0.105 e. The summed E-state index contributed by atoms with van der Waals surface area (Å²) in [5, 5.41) is 3.67. The van der Waals surface area contributed by atoms with Crippen molar-refractivity contribution >= 4 is 0 Å². The Kier molecular flexibility index (Phi) is 3.93. The van der Waals surface area contributed by atoms with Crippen molar-refractivity contribution in [3.63, 3.8) is 0 Å². The molecular weight excluding hydrogens is 246 g/mol. The highest BCUT2D eigenvalue weighted by molar-refractivity contribution is 5.36. The van der Waals surface area contributed by atoms with Gasteiger partial charge in [-0.05, 0) is 61.9 Å². The van der Waals surface area contributed by atoms with Gasteiger partial charge in [0.2, 0.25) is 0 Å². The van der Waals surface area contributed by atoms with Gasteiger partial charge in [-0.1, -0.05) is 18.2 Å². The summed E-state index contributed by atoms with van der Waals surface area (Å²) in [6.45, 7) is 4.46. The summed E-state index contributed by atoms with van der Waals surface area (Å²) in [5.41, 5.74) is 4.50. The van der Waals surface area contributed by atoms with Crippen LogP contribution in [0.2, 0.25) is 0 Å². The normalized spacial score (nSPS) is 16.9. The Labute approximate surface area is 121 Å². The second-order valence-corrected chi connectivity index (χ2v) is 5.95. The van der Waals surface area contributed by atoms with E-state index in [1.807, 2.05) is 12.1 Å². The van der Waals surface area contributed by atoms with Crippen molar-refractivity contribution in [3.05, 3.63) is 59.0 Å². The molecule has 1 aromatic heterocycles. The average molecular weight is 269 g/mol. The number of hydrogen-bond donors (Lipinski definition) is 1. The first-order valence-corrected chi connectivity index (χ1v) is 7.62. The molecule has 0 radical (unpaired) electrons.